The number of rotatable bonds is 5. The topological polar surface area (TPSA) is 121 Å². The molecule has 0 aromatic heterocycles. The average Bonchev–Trinajstić information content (AvgIpc) is 2.44. The molecule has 2 aromatic carbocycles. The van der Waals surface area contributed by atoms with Crippen molar-refractivity contribution in [3.8, 4) is 0 Å². The van der Waals surface area contributed by atoms with Gasteiger partial charge in [-0.05, 0) is 12.1 Å². The second-order valence-corrected chi connectivity index (χ2v) is 7.81. The van der Waals surface area contributed by atoms with E-state index in [-0.39, 0.29) is 11.3 Å². The summed E-state index contributed by atoms with van der Waals surface area (Å²) in [7, 11) is -10.6. The minimum atomic E-state index is -5.28. The summed E-state index contributed by atoms with van der Waals surface area (Å²) in [5.41, 5.74) is -0.259. The Morgan fingerprint density at radius 1 is 0.727 bits per heavy atom. The molecule has 2 aromatic rings. The zero-order valence-electron chi connectivity index (χ0n) is 11.1. The van der Waals surface area contributed by atoms with Crippen molar-refractivity contribution in [2.75, 3.05) is 5.32 Å². The lowest BCUT2D eigenvalue weighted by Gasteiger charge is -2.29. The molecule has 0 saturated carbocycles. The summed E-state index contributed by atoms with van der Waals surface area (Å²) < 4.78 is 63.4. The molecule has 9 heteroatoms. The van der Waals surface area contributed by atoms with Crippen molar-refractivity contribution in [2.24, 2.45) is 0 Å². The Morgan fingerprint density at radius 3 is 1.55 bits per heavy atom. The molecule has 0 amide bonds. The van der Waals surface area contributed by atoms with Crippen molar-refractivity contribution < 1.29 is 25.9 Å². The van der Waals surface area contributed by atoms with Crippen LogP contribution in [0.3, 0.4) is 0 Å². The van der Waals surface area contributed by atoms with Gasteiger partial charge in [-0.3, -0.25) is 9.11 Å². The second-order valence-electron chi connectivity index (χ2n) is 4.42. The van der Waals surface area contributed by atoms with Gasteiger partial charge < -0.3 is 5.32 Å². The fourth-order valence-electron chi connectivity index (χ4n) is 2.00. The molecule has 0 heterocycles. The van der Waals surface area contributed by atoms with Gasteiger partial charge in [0.1, 0.15) is 0 Å². The molecule has 0 radical (unpaired) electrons. The van der Waals surface area contributed by atoms with Crippen LogP contribution in [0, 0.1) is 0 Å². The van der Waals surface area contributed by atoms with Crippen LogP contribution in [0.15, 0.2) is 60.7 Å². The number of hydrogen-bond acceptors (Lipinski definition) is 5. The third-order valence-electron chi connectivity index (χ3n) is 2.96. The van der Waals surface area contributed by atoms with E-state index in [1.165, 1.54) is 42.5 Å². The molecule has 2 rings (SSSR count). The SMILES string of the molecule is O=S(=O)(O)C(Nc1ccccc1)(c1ccccc1)S(=O)(=O)O. The van der Waals surface area contributed by atoms with Crippen molar-refractivity contribution in [1.29, 1.82) is 0 Å². The maximum Gasteiger partial charge on any atom is 0.317 e. The minimum Gasteiger partial charge on any atom is -0.346 e. The van der Waals surface area contributed by atoms with Gasteiger partial charge in [-0.15, -0.1) is 0 Å². The van der Waals surface area contributed by atoms with Gasteiger partial charge in [0.05, 0.1) is 0 Å². The summed E-state index contributed by atoms with van der Waals surface area (Å²) in [4.78, 5) is 0. The third kappa shape index (κ3) is 2.83. The van der Waals surface area contributed by atoms with Gasteiger partial charge >= 0.3 is 24.4 Å². The Balaban J connectivity index is 2.79. The predicted octanol–water partition coefficient (Wildman–Crippen LogP) is 1.68. The van der Waals surface area contributed by atoms with E-state index >= 15 is 0 Å². The summed E-state index contributed by atoms with van der Waals surface area (Å²) in [6.07, 6.45) is 0. The number of anilines is 1. The van der Waals surface area contributed by atoms with Gasteiger partial charge in [0.15, 0.2) is 0 Å². The van der Waals surface area contributed by atoms with Crippen LogP contribution >= 0.6 is 0 Å². The molecule has 0 aliphatic heterocycles. The molecule has 0 saturated heterocycles. The fraction of sp³-hybridized carbons (Fsp3) is 0.0769. The lowest BCUT2D eigenvalue weighted by Crippen LogP contribution is -2.49. The van der Waals surface area contributed by atoms with Gasteiger partial charge in [-0.25, -0.2) is 0 Å². The highest BCUT2D eigenvalue weighted by atomic mass is 32.3. The van der Waals surface area contributed by atoms with Crippen LogP contribution in [0.25, 0.3) is 0 Å². The normalized spacial score (nSPS) is 12.8. The van der Waals surface area contributed by atoms with Gasteiger partial charge in [0, 0.05) is 11.3 Å². The van der Waals surface area contributed by atoms with E-state index in [1.807, 2.05) is 0 Å². The Hall–Kier alpha value is -1.94. The van der Waals surface area contributed by atoms with Crippen molar-refractivity contribution in [3.05, 3.63) is 66.2 Å². The first kappa shape index (κ1) is 16.4. The largest absolute Gasteiger partial charge is 0.346 e. The van der Waals surface area contributed by atoms with Crippen LogP contribution in [0.1, 0.15) is 5.56 Å². The van der Waals surface area contributed by atoms with Gasteiger partial charge in [-0.1, -0.05) is 48.5 Å². The summed E-state index contributed by atoms with van der Waals surface area (Å²) in [5.74, 6) is 0. The van der Waals surface area contributed by atoms with Crippen LogP contribution in [-0.4, -0.2) is 25.9 Å². The molecule has 0 fully saturated rings. The lowest BCUT2D eigenvalue weighted by molar-refractivity contribution is 0.434. The van der Waals surface area contributed by atoms with E-state index < -0.39 is 24.4 Å². The van der Waals surface area contributed by atoms with Crippen molar-refractivity contribution in [2.45, 2.75) is 4.20 Å². The highest BCUT2D eigenvalue weighted by molar-refractivity contribution is 8.04. The summed E-state index contributed by atoms with van der Waals surface area (Å²) in [5, 5.41) is 2.21. The molecule has 118 valence electrons. The summed E-state index contributed by atoms with van der Waals surface area (Å²) in [6.45, 7) is 0. The van der Waals surface area contributed by atoms with Gasteiger partial charge in [0.25, 0.3) is 0 Å². The van der Waals surface area contributed by atoms with E-state index in [9.17, 15) is 25.9 Å². The smallest absolute Gasteiger partial charge is 0.317 e. The predicted molar refractivity (Wildman–Crippen MR) is 81.3 cm³/mol. The van der Waals surface area contributed by atoms with Crippen LogP contribution in [-0.2, 0) is 24.4 Å². The number of nitrogens with one attached hydrogen (secondary N) is 1. The minimum absolute atomic E-state index is 0.0848. The first-order chi connectivity index (χ1) is 10.2. The zero-order valence-corrected chi connectivity index (χ0v) is 12.8. The van der Waals surface area contributed by atoms with Crippen LogP contribution in [0.2, 0.25) is 0 Å². The molecule has 0 aliphatic carbocycles. The number of hydrogen-bond donors (Lipinski definition) is 3. The van der Waals surface area contributed by atoms with E-state index in [2.05, 4.69) is 5.32 Å². The van der Waals surface area contributed by atoms with Crippen molar-refractivity contribution in [3.63, 3.8) is 0 Å². The van der Waals surface area contributed by atoms with Gasteiger partial charge in [-0.2, -0.15) is 16.8 Å². The molecule has 3 N–H and O–H groups in total. The molecule has 0 aliphatic rings. The van der Waals surface area contributed by atoms with Crippen LogP contribution in [0.4, 0.5) is 5.69 Å². The highest BCUT2D eigenvalue weighted by Gasteiger charge is 2.56. The standard InChI is InChI=1S/C13H13NO6S2/c15-21(16,17)13(22(18,19)20,11-7-3-1-4-8-11)14-12-9-5-2-6-10-12/h1-10,14H,(H,15,16,17)(H,18,19,20). The van der Waals surface area contributed by atoms with Crippen LogP contribution < -0.4 is 5.32 Å². The van der Waals surface area contributed by atoms with Crippen LogP contribution in [0.5, 0.6) is 0 Å². The summed E-state index contributed by atoms with van der Waals surface area (Å²) >= 11 is 0. The maximum atomic E-state index is 11.9. The molecule has 22 heavy (non-hydrogen) atoms. The van der Waals surface area contributed by atoms with Crippen molar-refractivity contribution in [1.82, 2.24) is 0 Å². The Bertz CT molecular complexity index is 816. The Kier molecular flexibility index (Phi) is 4.25. The first-order valence-corrected chi connectivity index (χ1v) is 8.89. The molecule has 0 bridgehead atoms. The maximum absolute atomic E-state index is 11.9. The zero-order chi connectivity index (χ0) is 16.4. The van der Waals surface area contributed by atoms with Gasteiger partial charge in [0.2, 0.25) is 0 Å². The molecular formula is C13H13NO6S2. The molecule has 0 unspecified atom stereocenters. The highest BCUT2D eigenvalue weighted by Crippen LogP contribution is 2.36. The quantitative estimate of drug-likeness (QED) is 0.706. The van der Waals surface area contributed by atoms with Crippen molar-refractivity contribution >= 4 is 25.9 Å². The Labute approximate surface area is 128 Å². The Morgan fingerprint density at radius 2 is 1.14 bits per heavy atom. The lowest BCUT2D eigenvalue weighted by atomic mass is 10.2. The molecule has 0 atom stereocenters. The second kappa shape index (κ2) is 5.69. The summed E-state index contributed by atoms with van der Waals surface area (Å²) in [6, 6.07) is 14.1. The fourth-order valence-corrected chi connectivity index (χ4v) is 4.43. The monoisotopic (exact) mass is 343 g/mol. The van der Waals surface area contributed by atoms with E-state index in [0.717, 1.165) is 12.1 Å². The molecule has 7 nitrogen and oxygen atoms in total. The van der Waals surface area contributed by atoms with E-state index in [0.29, 0.717) is 0 Å². The average molecular weight is 343 g/mol. The third-order valence-corrected chi connectivity index (χ3v) is 6.36. The van der Waals surface area contributed by atoms with E-state index in [4.69, 9.17) is 0 Å². The first-order valence-electron chi connectivity index (χ1n) is 6.01. The molecular weight excluding hydrogens is 330 g/mol. The number of benzene rings is 2. The molecule has 0 spiro atoms. The number of para-hydroxylation sites is 1. The van der Waals surface area contributed by atoms with E-state index in [1.54, 1.807) is 6.07 Å².